The van der Waals surface area contributed by atoms with Crippen LogP contribution in [-0.4, -0.2) is 58.0 Å². The molecule has 0 saturated carbocycles. The lowest BCUT2D eigenvalue weighted by molar-refractivity contribution is -0.830. The van der Waals surface area contributed by atoms with Crippen molar-refractivity contribution in [3.05, 3.63) is 47.4 Å². The van der Waals surface area contributed by atoms with Crippen LogP contribution in [0.4, 0.5) is 46.6 Å². The first-order valence-electron chi connectivity index (χ1n) is 10.2. The van der Waals surface area contributed by atoms with Crippen LogP contribution in [0.1, 0.15) is 22.8 Å². The molecule has 0 saturated heterocycles. The second-order valence-corrected chi connectivity index (χ2v) is 8.70. The van der Waals surface area contributed by atoms with Crippen LogP contribution in [-0.2, 0) is 10.8 Å². The van der Waals surface area contributed by atoms with E-state index in [9.17, 15) is 45.0 Å². The van der Waals surface area contributed by atoms with Gasteiger partial charge in [-0.3, -0.25) is 15.2 Å². The van der Waals surface area contributed by atoms with E-state index in [1.807, 2.05) is 5.32 Å². The Hall–Kier alpha value is -3.06. The zero-order valence-corrected chi connectivity index (χ0v) is 20.2. The van der Waals surface area contributed by atoms with Crippen LogP contribution in [0.5, 0.6) is 0 Å². The van der Waals surface area contributed by atoms with E-state index in [4.69, 9.17) is 16.1 Å². The van der Waals surface area contributed by atoms with E-state index in [1.165, 1.54) is 37.7 Å². The van der Waals surface area contributed by atoms with Crippen molar-refractivity contribution in [2.75, 3.05) is 19.0 Å². The van der Waals surface area contributed by atoms with Crippen molar-refractivity contribution in [1.29, 1.82) is 5.41 Å². The molecule has 0 fully saturated rings. The summed E-state index contributed by atoms with van der Waals surface area (Å²) in [7, 11) is 1.30. The summed E-state index contributed by atoms with van der Waals surface area (Å²) in [6.45, 7) is 1.28. The van der Waals surface area contributed by atoms with E-state index in [-0.39, 0.29) is 34.4 Å². The molecular formula is C20H21F8N6O3S+. The van der Waals surface area contributed by atoms with Gasteiger partial charge in [-0.05, 0) is 19.1 Å². The number of hydrogen-bond donors (Lipinski definition) is 5. The van der Waals surface area contributed by atoms with Gasteiger partial charge < -0.3 is 10.4 Å². The second-order valence-electron chi connectivity index (χ2n) is 7.67. The topological polar surface area (TPSA) is 141 Å². The number of alkyl halides is 7. The van der Waals surface area contributed by atoms with E-state index < -0.39 is 47.2 Å². The maximum absolute atomic E-state index is 14.4. The van der Waals surface area contributed by atoms with Crippen molar-refractivity contribution in [3.8, 4) is 0 Å². The average molecular weight is 577 g/mol. The number of carbonyl (C=O) groups excluding carboxylic acids is 1. The summed E-state index contributed by atoms with van der Waals surface area (Å²) in [6.07, 6.45) is -7.66. The third kappa shape index (κ3) is 6.87. The summed E-state index contributed by atoms with van der Waals surface area (Å²) < 4.78 is 106. The van der Waals surface area contributed by atoms with Gasteiger partial charge in [-0.25, -0.2) is 20.1 Å². The van der Waals surface area contributed by atoms with Crippen molar-refractivity contribution in [2.24, 2.45) is 5.84 Å². The lowest BCUT2D eigenvalue weighted by atomic mass is 10.0. The summed E-state index contributed by atoms with van der Waals surface area (Å²) in [6, 6.07) is 3.77. The van der Waals surface area contributed by atoms with E-state index >= 15 is 0 Å². The van der Waals surface area contributed by atoms with Gasteiger partial charge in [-0.1, -0.05) is 11.8 Å². The molecule has 0 aliphatic rings. The number of anilines is 1. The number of hydrogen-bond acceptors (Lipinski definition) is 7. The molecule has 2 aromatic rings. The number of nitrogens with two attached hydrogens (primary N) is 2. The molecule has 210 valence electrons. The van der Waals surface area contributed by atoms with Crippen LogP contribution in [0.3, 0.4) is 0 Å². The highest BCUT2D eigenvalue weighted by Gasteiger charge is 2.73. The highest BCUT2D eigenvalue weighted by molar-refractivity contribution is 8.13. The van der Waals surface area contributed by atoms with Gasteiger partial charge in [-0.2, -0.15) is 36.2 Å². The maximum atomic E-state index is 14.4. The molecule has 1 atom stereocenters. The van der Waals surface area contributed by atoms with Crippen LogP contribution >= 0.6 is 11.8 Å². The minimum absolute atomic E-state index is 0.0789. The first-order valence-corrected chi connectivity index (χ1v) is 11.0. The number of quaternary nitrogens is 1. The number of nitrogens with one attached hydrogen (secondary N) is 2. The molecule has 38 heavy (non-hydrogen) atoms. The molecule has 2 rings (SSSR count). The standard InChI is InChI=1S/C20H20F8N6O3S/c1-9(35)8-34(30)17(29)38-14-4-3-11(33-37-2)6-12(14)16(36)32-15-13(21)5-10(7-31-15)18(22,23)19(24,25)20(26,27)28/h3-7,9,29,33,35H,8,30H2,1-2H3,(H,31,32,36)/p+1/t9-/m0/s1. The predicted octanol–water partition coefficient (Wildman–Crippen LogP) is 3.10. The van der Waals surface area contributed by atoms with Gasteiger partial charge in [-0.15, -0.1) is 0 Å². The Balaban J connectivity index is 2.38. The fraction of sp³-hybridized carbons (Fsp3) is 0.350. The Bertz CT molecular complexity index is 1180. The highest BCUT2D eigenvalue weighted by Crippen LogP contribution is 2.51. The van der Waals surface area contributed by atoms with Crippen LogP contribution in [0.25, 0.3) is 0 Å². The zero-order valence-electron chi connectivity index (χ0n) is 19.4. The van der Waals surface area contributed by atoms with Gasteiger partial charge >= 0.3 is 18.0 Å². The predicted molar refractivity (Wildman–Crippen MR) is 118 cm³/mol. The third-order valence-corrected chi connectivity index (χ3v) is 5.62. The Labute approximate surface area is 213 Å². The normalized spacial score (nSPS) is 13.3. The number of thioether (sulfide) groups is 1. The van der Waals surface area contributed by atoms with Gasteiger partial charge in [0.2, 0.25) is 0 Å². The number of nitrogens with zero attached hydrogens (tertiary/aromatic N) is 2. The highest BCUT2D eigenvalue weighted by atomic mass is 32.2. The molecule has 1 heterocycles. The SMILES string of the molecule is CO[NH2+]c1ccc(SC(=N)N(N)C[C@H](C)O)c(C(=O)Nc2ncc(C(F)(F)C(F)(F)C(F)(F)F)cc2F)c1. The minimum Gasteiger partial charge on any atom is -0.392 e. The molecular weight excluding hydrogens is 556 g/mol. The number of amidine groups is 1. The smallest absolute Gasteiger partial charge is 0.392 e. The van der Waals surface area contributed by atoms with Crippen molar-refractivity contribution >= 4 is 34.3 Å². The van der Waals surface area contributed by atoms with E-state index in [0.29, 0.717) is 17.4 Å². The van der Waals surface area contributed by atoms with Crippen molar-refractivity contribution < 1.29 is 55.3 Å². The van der Waals surface area contributed by atoms with Gasteiger partial charge in [0, 0.05) is 28.8 Å². The lowest BCUT2D eigenvalue weighted by Gasteiger charge is -2.28. The Morgan fingerprint density at radius 3 is 2.42 bits per heavy atom. The molecule has 18 heteroatoms. The number of rotatable bonds is 9. The number of amides is 1. The van der Waals surface area contributed by atoms with Crippen LogP contribution in [0, 0.1) is 11.2 Å². The number of aliphatic hydroxyl groups excluding tert-OH is 1. The average Bonchev–Trinajstić information content (AvgIpc) is 2.80. The molecule has 1 amide bonds. The fourth-order valence-corrected chi connectivity index (χ4v) is 3.59. The van der Waals surface area contributed by atoms with Gasteiger partial charge in [0.1, 0.15) is 0 Å². The minimum atomic E-state index is -6.64. The Kier molecular flexibility index (Phi) is 9.65. The molecule has 7 N–H and O–H groups in total. The third-order valence-electron chi connectivity index (χ3n) is 4.62. The summed E-state index contributed by atoms with van der Waals surface area (Å²) in [5, 5.41) is 19.9. The van der Waals surface area contributed by atoms with E-state index in [2.05, 4.69) is 4.98 Å². The number of hydrazine groups is 1. The first-order chi connectivity index (χ1) is 17.4. The quantitative estimate of drug-likeness (QED) is 0.0587. The maximum Gasteiger partial charge on any atom is 0.460 e. The van der Waals surface area contributed by atoms with Crippen LogP contribution in [0.15, 0.2) is 35.4 Å². The Morgan fingerprint density at radius 2 is 1.89 bits per heavy atom. The van der Waals surface area contributed by atoms with Crippen LogP contribution < -0.4 is 16.6 Å². The number of carbonyl (C=O) groups is 1. The summed E-state index contributed by atoms with van der Waals surface area (Å²) >= 11 is 0.655. The number of aromatic nitrogens is 1. The fourth-order valence-electron chi connectivity index (χ4n) is 2.79. The second kappa shape index (κ2) is 11.8. The number of pyridine rings is 1. The number of aliphatic hydroxyl groups is 1. The molecule has 0 spiro atoms. The summed E-state index contributed by atoms with van der Waals surface area (Å²) in [5.74, 6) is -10.7. The lowest BCUT2D eigenvalue weighted by Crippen LogP contribution is -2.76. The zero-order chi connectivity index (χ0) is 29.1. The summed E-state index contributed by atoms with van der Waals surface area (Å²) in [4.78, 5) is 20.9. The monoisotopic (exact) mass is 577 g/mol. The largest absolute Gasteiger partial charge is 0.460 e. The molecule has 1 aromatic heterocycles. The molecule has 9 nitrogen and oxygen atoms in total. The molecule has 0 unspecified atom stereocenters. The van der Waals surface area contributed by atoms with Gasteiger partial charge in [0.25, 0.3) is 5.91 Å². The molecule has 1 aromatic carbocycles. The van der Waals surface area contributed by atoms with E-state index in [1.54, 1.807) is 0 Å². The molecule has 0 aliphatic carbocycles. The molecule has 0 bridgehead atoms. The molecule has 0 aliphatic heterocycles. The van der Waals surface area contributed by atoms with Crippen molar-refractivity contribution in [2.45, 2.75) is 35.9 Å². The first kappa shape index (κ1) is 31.2. The van der Waals surface area contributed by atoms with Gasteiger partial charge in [0.15, 0.2) is 22.5 Å². The van der Waals surface area contributed by atoms with Crippen molar-refractivity contribution in [3.63, 3.8) is 0 Å². The molecule has 0 radical (unpaired) electrons. The number of benzene rings is 1. The number of halogens is 8. The van der Waals surface area contributed by atoms with Crippen molar-refractivity contribution in [1.82, 2.24) is 9.99 Å². The van der Waals surface area contributed by atoms with E-state index in [0.717, 1.165) is 5.01 Å². The Morgan fingerprint density at radius 1 is 1.26 bits per heavy atom. The van der Waals surface area contributed by atoms with Gasteiger partial charge in [0.05, 0.1) is 25.3 Å². The van der Waals surface area contributed by atoms with Crippen LogP contribution in [0.2, 0.25) is 0 Å². The summed E-state index contributed by atoms with van der Waals surface area (Å²) in [5.41, 5.74) is -0.761.